The summed E-state index contributed by atoms with van der Waals surface area (Å²) < 4.78 is 5.43. The van der Waals surface area contributed by atoms with Crippen LogP contribution in [0.1, 0.15) is 27.2 Å². The number of rotatable bonds is 3. The van der Waals surface area contributed by atoms with Gasteiger partial charge in [0.15, 0.2) is 0 Å². The number of ether oxygens (including phenoxy) is 1. The number of amides is 2. The predicted octanol–water partition coefficient (Wildman–Crippen LogP) is 1.79. The number of morpholine rings is 1. The van der Waals surface area contributed by atoms with Gasteiger partial charge in [0.2, 0.25) is 11.8 Å². The van der Waals surface area contributed by atoms with E-state index in [9.17, 15) is 9.59 Å². The molecule has 0 saturated carbocycles. The summed E-state index contributed by atoms with van der Waals surface area (Å²) in [4.78, 5) is 29.1. The quantitative estimate of drug-likeness (QED) is 0.907. The second-order valence-electron chi connectivity index (χ2n) is 7.73. The fourth-order valence-electron chi connectivity index (χ4n) is 3.35. The second-order valence-corrected chi connectivity index (χ2v) is 7.73. The van der Waals surface area contributed by atoms with Crippen LogP contribution in [0.2, 0.25) is 0 Å². The smallest absolute Gasteiger partial charge is 0.227 e. The number of hydrogen-bond acceptors (Lipinski definition) is 4. The van der Waals surface area contributed by atoms with Crippen molar-refractivity contribution >= 4 is 23.2 Å². The van der Waals surface area contributed by atoms with Gasteiger partial charge in [-0.1, -0.05) is 12.1 Å². The van der Waals surface area contributed by atoms with Crippen LogP contribution in [-0.2, 0) is 14.3 Å². The normalized spacial score (nSPS) is 21.6. The molecular formula is C19H27N3O3. The lowest BCUT2D eigenvalue weighted by molar-refractivity contribution is -0.127. The molecular weight excluding hydrogens is 318 g/mol. The van der Waals surface area contributed by atoms with Crippen LogP contribution in [0, 0.1) is 5.92 Å². The van der Waals surface area contributed by atoms with E-state index in [2.05, 4.69) is 10.2 Å². The SMILES string of the molecule is CC(C)(C)NC(=O)C1CC(=O)N(c2ccccc2N2CCOCC2)C1. The fraction of sp³-hybridized carbons (Fsp3) is 0.579. The van der Waals surface area contributed by atoms with Crippen LogP contribution in [0.25, 0.3) is 0 Å². The molecule has 6 heteroatoms. The summed E-state index contributed by atoms with van der Waals surface area (Å²) in [6.45, 7) is 9.30. The number of nitrogens with zero attached hydrogens (tertiary/aromatic N) is 2. The Hall–Kier alpha value is -2.08. The second kappa shape index (κ2) is 7.04. The van der Waals surface area contributed by atoms with Crippen LogP contribution in [0.4, 0.5) is 11.4 Å². The van der Waals surface area contributed by atoms with Crippen LogP contribution < -0.4 is 15.1 Å². The first kappa shape index (κ1) is 17.7. The van der Waals surface area contributed by atoms with Crippen LogP contribution >= 0.6 is 0 Å². The number of benzene rings is 1. The van der Waals surface area contributed by atoms with Crippen molar-refractivity contribution < 1.29 is 14.3 Å². The van der Waals surface area contributed by atoms with Gasteiger partial charge in [0, 0.05) is 31.6 Å². The summed E-state index contributed by atoms with van der Waals surface area (Å²) >= 11 is 0. The summed E-state index contributed by atoms with van der Waals surface area (Å²) in [5.74, 6) is -0.341. The first-order chi connectivity index (χ1) is 11.8. The highest BCUT2D eigenvalue weighted by molar-refractivity contribution is 6.02. The summed E-state index contributed by atoms with van der Waals surface area (Å²) in [6.07, 6.45) is 0.263. The number of nitrogens with one attached hydrogen (secondary N) is 1. The highest BCUT2D eigenvalue weighted by Crippen LogP contribution is 2.34. The van der Waals surface area contributed by atoms with Crippen molar-refractivity contribution in [3.8, 4) is 0 Å². The molecule has 0 aromatic heterocycles. The van der Waals surface area contributed by atoms with E-state index in [-0.39, 0.29) is 29.7 Å². The first-order valence-electron chi connectivity index (χ1n) is 8.89. The molecule has 0 aliphatic carbocycles. The minimum absolute atomic E-state index is 0.00905. The van der Waals surface area contributed by atoms with Crippen molar-refractivity contribution in [3.63, 3.8) is 0 Å². The Morgan fingerprint density at radius 1 is 1.16 bits per heavy atom. The van der Waals surface area contributed by atoms with Crippen molar-refractivity contribution in [1.82, 2.24) is 5.32 Å². The van der Waals surface area contributed by atoms with Crippen molar-refractivity contribution in [2.45, 2.75) is 32.7 Å². The molecule has 3 rings (SSSR count). The molecule has 2 heterocycles. The molecule has 2 fully saturated rings. The highest BCUT2D eigenvalue weighted by Gasteiger charge is 2.37. The predicted molar refractivity (Wildman–Crippen MR) is 97.8 cm³/mol. The fourth-order valence-corrected chi connectivity index (χ4v) is 3.35. The van der Waals surface area contributed by atoms with Gasteiger partial charge >= 0.3 is 0 Å². The summed E-state index contributed by atoms with van der Waals surface area (Å²) in [5.41, 5.74) is 1.63. The Morgan fingerprint density at radius 3 is 2.44 bits per heavy atom. The van der Waals surface area contributed by atoms with Crippen LogP contribution in [0.5, 0.6) is 0 Å². The maximum absolute atomic E-state index is 12.6. The van der Waals surface area contributed by atoms with Crippen molar-refractivity contribution in [3.05, 3.63) is 24.3 Å². The number of anilines is 2. The molecule has 6 nitrogen and oxygen atoms in total. The van der Waals surface area contributed by atoms with E-state index in [0.717, 1.165) is 24.5 Å². The van der Waals surface area contributed by atoms with Crippen LogP contribution in [0.3, 0.4) is 0 Å². The zero-order valence-corrected chi connectivity index (χ0v) is 15.2. The number of hydrogen-bond donors (Lipinski definition) is 1. The van der Waals surface area contributed by atoms with Crippen molar-refractivity contribution in [2.24, 2.45) is 5.92 Å². The van der Waals surface area contributed by atoms with Gasteiger partial charge in [-0.2, -0.15) is 0 Å². The molecule has 1 atom stereocenters. The molecule has 1 unspecified atom stereocenters. The third-order valence-electron chi connectivity index (χ3n) is 4.52. The van der Waals surface area contributed by atoms with Gasteiger partial charge in [0.1, 0.15) is 0 Å². The van der Waals surface area contributed by atoms with E-state index >= 15 is 0 Å². The standard InChI is InChI=1S/C19H27N3O3/c1-19(2,3)20-18(24)14-12-17(23)22(13-14)16-7-5-4-6-15(16)21-8-10-25-11-9-21/h4-7,14H,8-13H2,1-3H3,(H,20,24). The lowest BCUT2D eigenvalue weighted by atomic mass is 10.0. The van der Waals surface area contributed by atoms with Crippen LogP contribution in [0.15, 0.2) is 24.3 Å². The van der Waals surface area contributed by atoms with Gasteiger partial charge in [-0.3, -0.25) is 9.59 Å². The third-order valence-corrected chi connectivity index (χ3v) is 4.52. The maximum Gasteiger partial charge on any atom is 0.227 e. The Balaban J connectivity index is 1.78. The van der Waals surface area contributed by atoms with Gasteiger partial charge in [-0.25, -0.2) is 0 Å². The zero-order valence-electron chi connectivity index (χ0n) is 15.2. The molecule has 2 amide bonds. The lowest BCUT2D eigenvalue weighted by Crippen LogP contribution is -2.44. The average Bonchev–Trinajstić information content (AvgIpc) is 2.96. The van der Waals surface area contributed by atoms with E-state index in [1.54, 1.807) is 4.90 Å². The van der Waals surface area contributed by atoms with Crippen LogP contribution in [-0.4, -0.2) is 50.2 Å². The van der Waals surface area contributed by atoms with Crippen molar-refractivity contribution in [2.75, 3.05) is 42.6 Å². The molecule has 0 spiro atoms. The van der Waals surface area contributed by atoms with Gasteiger partial charge in [-0.15, -0.1) is 0 Å². The summed E-state index contributed by atoms with van der Waals surface area (Å²) in [6, 6.07) is 7.93. The molecule has 2 aliphatic rings. The molecule has 1 N–H and O–H groups in total. The molecule has 2 aliphatic heterocycles. The van der Waals surface area contributed by atoms with E-state index in [1.165, 1.54) is 0 Å². The molecule has 1 aromatic carbocycles. The van der Waals surface area contributed by atoms with Gasteiger partial charge < -0.3 is 19.9 Å². The average molecular weight is 345 g/mol. The van der Waals surface area contributed by atoms with Gasteiger partial charge in [-0.05, 0) is 32.9 Å². The van der Waals surface area contributed by atoms with E-state index in [4.69, 9.17) is 4.74 Å². The summed E-state index contributed by atoms with van der Waals surface area (Å²) in [7, 11) is 0. The molecule has 25 heavy (non-hydrogen) atoms. The number of carbonyl (C=O) groups is 2. The number of carbonyl (C=O) groups excluding carboxylic acids is 2. The van der Waals surface area contributed by atoms with E-state index < -0.39 is 0 Å². The monoisotopic (exact) mass is 345 g/mol. The minimum atomic E-state index is -0.301. The Bertz CT molecular complexity index is 648. The van der Waals surface area contributed by atoms with Gasteiger partial charge in [0.05, 0.1) is 30.5 Å². The van der Waals surface area contributed by atoms with E-state index in [0.29, 0.717) is 19.8 Å². The van der Waals surface area contributed by atoms with Gasteiger partial charge in [0.25, 0.3) is 0 Å². The minimum Gasteiger partial charge on any atom is -0.378 e. The molecule has 0 bridgehead atoms. The molecule has 1 aromatic rings. The topological polar surface area (TPSA) is 61.9 Å². The maximum atomic E-state index is 12.6. The molecule has 136 valence electrons. The lowest BCUT2D eigenvalue weighted by Gasteiger charge is -2.32. The number of para-hydroxylation sites is 2. The third kappa shape index (κ3) is 4.12. The molecule has 0 radical (unpaired) electrons. The largest absolute Gasteiger partial charge is 0.378 e. The summed E-state index contributed by atoms with van der Waals surface area (Å²) in [5, 5.41) is 2.99. The van der Waals surface area contributed by atoms with E-state index in [1.807, 2.05) is 45.0 Å². The Kier molecular flexibility index (Phi) is 4.99. The Morgan fingerprint density at radius 2 is 1.80 bits per heavy atom. The molecule has 2 saturated heterocycles. The van der Waals surface area contributed by atoms with Crippen molar-refractivity contribution in [1.29, 1.82) is 0 Å². The highest BCUT2D eigenvalue weighted by atomic mass is 16.5. The Labute approximate surface area is 149 Å². The zero-order chi connectivity index (χ0) is 18.0. The first-order valence-corrected chi connectivity index (χ1v) is 8.89.